The van der Waals surface area contributed by atoms with Gasteiger partial charge in [0.15, 0.2) is 5.13 Å². The number of rotatable bonds is 2. The summed E-state index contributed by atoms with van der Waals surface area (Å²) in [6.07, 6.45) is 0. The fourth-order valence-corrected chi connectivity index (χ4v) is 3.61. The fraction of sp³-hybridized carbons (Fsp3) is 0.231. The second-order valence-electron chi connectivity index (χ2n) is 4.42. The molecule has 1 aliphatic rings. The van der Waals surface area contributed by atoms with Gasteiger partial charge in [-0.2, -0.15) is 0 Å². The Morgan fingerprint density at radius 2 is 2.26 bits per heavy atom. The van der Waals surface area contributed by atoms with E-state index in [0.29, 0.717) is 13.1 Å². The molecule has 2 heterocycles. The Balaban J connectivity index is 1.99. The summed E-state index contributed by atoms with van der Waals surface area (Å²) in [5.74, 6) is -1.28. The number of anilines is 1. The Morgan fingerprint density at radius 3 is 2.95 bits per heavy atom. The van der Waals surface area contributed by atoms with Crippen molar-refractivity contribution < 1.29 is 9.90 Å². The first-order valence-corrected chi connectivity index (χ1v) is 7.49. The van der Waals surface area contributed by atoms with Gasteiger partial charge in [-0.15, -0.1) is 11.3 Å². The van der Waals surface area contributed by atoms with Gasteiger partial charge >= 0.3 is 5.97 Å². The summed E-state index contributed by atoms with van der Waals surface area (Å²) < 4.78 is 0.790. The van der Waals surface area contributed by atoms with E-state index in [4.69, 9.17) is 0 Å². The summed E-state index contributed by atoms with van der Waals surface area (Å²) in [7, 11) is 0. The van der Waals surface area contributed by atoms with E-state index in [1.54, 1.807) is 0 Å². The van der Waals surface area contributed by atoms with Crippen LogP contribution in [0.3, 0.4) is 0 Å². The summed E-state index contributed by atoms with van der Waals surface area (Å²) in [6.45, 7) is 1.17. The Bertz CT molecular complexity index is 629. The topological polar surface area (TPSA) is 53.4 Å². The van der Waals surface area contributed by atoms with Gasteiger partial charge in [0.05, 0.1) is 5.92 Å². The van der Waals surface area contributed by atoms with Crippen molar-refractivity contribution in [1.29, 1.82) is 0 Å². The van der Waals surface area contributed by atoms with Crippen LogP contribution in [0.2, 0.25) is 0 Å². The molecule has 0 spiro atoms. The summed E-state index contributed by atoms with van der Waals surface area (Å²) in [5, 5.41) is 12.2. The summed E-state index contributed by atoms with van der Waals surface area (Å²) in [4.78, 5) is 17.8. The van der Waals surface area contributed by atoms with Crippen LogP contribution in [0.15, 0.2) is 34.2 Å². The van der Waals surface area contributed by atoms with Gasteiger partial charge in [0.1, 0.15) is 4.60 Å². The Kier molecular flexibility index (Phi) is 3.28. The van der Waals surface area contributed by atoms with Crippen LogP contribution >= 0.6 is 27.3 Å². The molecule has 0 amide bonds. The number of hydrogen-bond donors (Lipinski definition) is 1. The molecule has 0 bridgehead atoms. The third kappa shape index (κ3) is 2.37. The lowest BCUT2D eigenvalue weighted by Crippen LogP contribution is -2.36. The number of fused-ring (bicyclic) bond motifs is 1. The molecule has 1 aromatic carbocycles. The zero-order valence-corrected chi connectivity index (χ0v) is 12.3. The van der Waals surface area contributed by atoms with Crippen molar-refractivity contribution >= 4 is 38.4 Å². The predicted molar refractivity (Wildman–Crippen MR) is 77.7 cm³/mol. The number of nitrogens with zero attached hydrogens (tertiary/aromatic N) is 2. The van der Waals surface area contributed by atoms with E-state index >= 15 is 0 Å². The number of carbonyl (C=O) groups is 1. The Hall–Kier alpha value is -1.40. The van der Waals surface area contributed by atoms with E-state index in [-0.39, 0.29) is 0 Å². The van der Waals surface area contributed by atoms with Gasteiger partial charge in [-0.1, -0.05) is 24.3 Å². The lowest BCUT2D eigenvalue weighted by Gasteiger charge is -2.32. The van der Waals surface area contributed by atoms with Gasteiger partial charge < -0.3 is 10.0 Å². The maximum atomic E-state index is 11.4. The van der Waals surface area contributed by atoms with E-state index in [9.17, 15) is 9.90 Å². The molecule has 4 nitrogen and oxygen atoms in total. The molecule has 1 atom stereocenters. The first-order chi connectivity index (χ1) is 9.15. The minimum Gasteiger partial charge on any atom is -0.481 e. The van der Waals surface area contributed by atoms with Gasteiger partial charge in [-0.05, 0) is 27.1 Å². The van der Waals surface area contributed by atoms with Crippen LogP contribution in [0.25, 0.3) is 0 Å². The average molecular weight is 339 g/mol. The third-order valence-corrected chi connectivity index (χ3v) is 4.84. The number of benzene rings is 1. The molecule has 1 unspecified atom stereocenters. The monoisotopic (exact) mass is 338 g/mol. The maximum absolute atomic E-state index is 11.4. The Labute approximate surface area is 122 Å². The smallest absolute Gasteiger partial charge is 0.312 e. The highest BCUT2D eigenvalue weighted by atomic mass is 79.9. The number of hydrogen-bond acceptors (Lipinski definition) is 4. The van der Waals surface area contributed by atoms with Crippen molar-refractivity contribution in [1.82, 2.24) is 4.98 Å². The van der Waals surface area contributed by atoms with Crippen LogP contribution in [0.1, 0.15) is 17.0 Å². The molecule has 1 aromatic heterocycles. The molecule has 0 fully saturated rings. The first kappa shape index (κ1) is 12.6. The SMILES string of the molecule is O=C(O)C1CN(c2nc(Br)cs2)Cc2ccccc21. The number of aromatic nitrogens is 1. The normalized spacial score (nSPS) is 18.2. The van der Waals surface area contributed by atoms with E-state index in [1.807, 2.05) is 34.5 Å². The van der Waals surface area contributed by atoms with Crippen LogP contribution in [-0.2, 0) is 11.3 Å². The highest BCUT2D eigenvalue weighted by Crippen LogP contribution is 2.33. The van der Waals surface area contributed by atoms with E-state index in [0.717, 1.165) is 20.9 Å². The first-order valence-electron chi connectivity index (χ1n) is 5.81. The molecule has 98 valence electrons. The van der Waals surface area contributed by atoms with Crippen LogP contribution in [0.4, 0.5) is 5.13 Å². The van der Waals surface area contributed by atoms with E-state index in [1.165, 1.54) is 11.3 Å². The van der Waals surface area contributed by atoms with Crippen molar-refractivity contribution in [2.24, 2.45) is 0 Å². The molecule has 2 aromatic rings. The second kappa shape index (κ2) is 4.94. The van der Waals surface area contributed by atoms with Gasteiger partial charge in [0.25, 0.3) is 0 Å². The largest absolute Gasteiger partial charge is 0.481 e. The van der Waals surface area contributed by atoms with Gasteiger partial charge in [0, 0.05) is 18.5 Å². The predicted octanol–water partition coefficient (Wildman–Crippen LogP) is 3.09. The van der Waals surface area contributed by atoms with Crippen molar-refractivity contribution in [3.8, 4) is 0 Å². The van der Waals surface area contributed by atoms with E-state index in [2.05, 4.69) is 20.9 Å². The van der Waals surface area contributed by atoms with Crippen molar-refractivity contribution in [2.75, 3.05) is 11.4 Å². The van der Waals surface area contributed by atoms with Crippen molar-refractivity contribution in [2.45, 2.75) is 12.5 Å². The summed E-state index contributed by atoms with van der Waals surface area (Å²) in [6, 6.07) is 7.73. The minimum absolute atomic E-state index is 0.465. The highest BCUT2D eigenvalue weighted by molar-refractivity contribution is 9.10. The molecule has 6 heteroatoms. The molecular formula is C13H11BrN2O2S. The quantitative estimate of drug-likeness (QED) is 0.914. The molecular weight excluding hydrogens is 328 g/mol. The number of aliphatic carboxylic acids is 1. The fourth-order valence-electron chi connectivity index (χ4n) is 2.35. The molecule has 0 saturated heterocycles. The van der Waals surface area contributed by atoms with Gasteiger partial charge in [-0.25, -0.2) is 4.98 Å². The molecule has 0 aliphatic carbocycles. The lowest BCUT2D eigenvalue weighted by atomic mass is 9.90. The van der Waals surface area contributed by atoms with Gasteiger partial charge in [-0.3, -0.25) is 4.79 Å². The average Bonchev–Trinajstić information content (AvgIpc) is 2.84. The van der Waals surface area contributed by atoms with Crippen LogP contribution in [0, 0.1) is 0 Å². The zero-order chi connectivity index (χ0) is 13.4. The summed E-state index contributed by atoms with van der Waals surface area (Å²) >= 11 is 4.85. The molecule has 0 saturated carbocycles. The number of carboxylic acids is 1. The van der Waals surface area contributed by atoms with E-state index < -0.39 is 11.9 Å². The minimum atomic E-state index is -0.784. The second-order valence-corrected chi connectivity index (χ2v) is 6.07. The third-order valence-electron chi connectivity index (χ3n) is 3.23. The molecule has 1 N–H and O–H groups in total. The molecule has 0 radical (unpaired) electrons. The molecule has 1 aliphatic heterocycles. The highest BCUT2D eigenvalue weighted by Gasteiger charge is 2.31. The van der Waals surface area contributed by atoms with Crippen LogP contribution in [0.5, 0.6) is 0 Å². The number of thiazole rings is 1. The number of halogens is 1. The van der Waals surface area contributed by atoms with Crippen molar-refractivity contribution in [3.63, 3.8) is 0 Å². The molecule has 3 rings (SSSR count). The summed E-state index contributed by atoms with van der Waals surface area (Å²) in [5.41, 5.74) is 1.98. The zero-order valence-electron chi connectivity index (χ0n) is 9.91. The maximum Gasteiger partial charge on any atom is 0.312 e. The lowest BCUT2D eigenvalue weighted by molar-refractivity contribution is -0.138. The molecule has 19 heavy (non-hydrogen) atoms. The Morgan fingerprint density at radius 1 is 1.47 bits per heavy atom. The van der Waals surface area contributed by atoms with Crippen molar-refractivity contribution in [3.05, 3.63) is 45.4 Å². The van der Waals surface area contributed by atoms with Crippen LogP contribution < -0.4 is 4.90 Å². The number of carboxylic acid groups (broad SMARTS) is 1. The van der Waals surface area contributed by atoms with Gasteiger partial charge in [0.2, 0.25) is 0 Å². The van der Waals surface area contributed by atoms with Crippen LogP contribution in [-0.4, -0.2) is 22.6 Å². The standard InChI is InChI=1S/C13H11BrN2O2S/c14-11-7-19-13(15-11)16-5-8-3-1-2-4-9(8)10(6-16)12(17)18/h1-4,7,10H,5-6H2,(H,17,18).